The summed E-state index contributed by atoms with van der Waals surface area (Å²) < 4.78 is 40.3. The van der Waals surface area contributed by atoms with Gasteiger partial charge < -0.3 is 14.0 Å². The minimum atomic E-state index is -4.21. The van der Waals surface area contributed by atoms with E-state index >= 15 is 0 Å². The lowest BCUT2D eigenvalue weighted by molar-refractivity contribution is 0.0995. The van der Waals surface area contributed by atoms with Crippen molar-refractivity contribution in [3.8, 4) is 11.5 Å². The van der Waals surface area contributed by atoms with E-state index in [2.05, 4.69) is 5.16 Å². The second-order valence-corrected chi connectivity index (χ2v) is 9.72. The van der Waals surface area contributed by atoms with Crippen LogP contribution < -0.4 is 19.5 Å². The Labute approximate surface area is 191 Å². The molecular formula is C19H16ClN3O7S2. The van der Waals surface area contributed by atoms with E-state index in [1.165, 1.54) is 18.4 Å². The van der Waals surface area contributed by atoms with E-state index in [9.17, 15) is 18.0 Å². The number of fused-ring (bicyclic) bond motifs is 1. The summed E-state index contributed by atoms with van der Waals surface area (Å²) in [6.07, 6.45) is 0. The minimum absolute atomic E-state index is 0.0126. The maximum absolute atomic E-state index is 13.7. The number of hydrogen-bond acceptors (Lipinski definition) is 9. The van der Waals surface area contributed by atoms with Crippen molar-refractivity contribution >= 4 is 56.2 Å². The first kappa shape index (κ1) is 22.3. The van der Waals surface area contributed by atoms with Crippen LogP contribution in [0.3, 0.4) is 0 Å². The molecule has 10 nitrogen and oxygen atoms in total. The summed E-state index contributed by atoms with van der Waals surface area (Å²) in [6.45, 7) is 4.42. The summed E-state index contributed by atoms with van der Waals surface area (Å²) in [5, 5.41) is 10.5. The Morgan fingerprint density at radius 3 is 2.59 bits per heavy atom. The average molecular weight is 498 g/mol. The van der Waals surface area contributed by atoms with Crippen molar-refractivity contribution in [1.29, 1.82) is 0 Å². The Balaban J connectivity index is 2.04. The highest BCUT2D eigenvalue weighted by Crippen LogP contribution is 2.47. The lowest BCUT2D eigenvalue weighted by Gasteiger charge is -2.24. The van der Waals surface area contributed by atoms with E-state index in [1.54, 1.807) is 19.9 Å². The summed E-state index contributed by atoms with van der Waals surface area (Å²) in [4.78, 5) is 26.9. The largest absolute Gasteiger partial charge is 0.454 e. The number of thiophene rings is 1. The summed E-state index contributed by atoms with van der Waals surface area (Å²) in [5.41, 5.74) is 0.884. The van der Waals surface area contributed by atoms with Gasteiger partial charge in [-0.2, -0.15) is 0 Å². The van der Waals surface area contributed by atoms with Gasteiger partial charge in [-0.1, -0.05) is 16.8 Å². The number of Topliss-reactive ketones (excluding diaryl/α,β-unsaturated/α-hetero) is 1. The summed E-state index contributed by atoms with van der Waals surface area (Å²) in [6, 6.07) is 2.81. The van der Waals surface area contributed by atoms with E-state index in [4.69, 9.17) is 30.7 Å². The maximum atomic E-state index is 13.7. The van der Waals surface area contributed by atoms with Crippen molar-refractivity contribution in [3.05, 3.63) is 44.2 Å². The van der Waals surface area contributed by atoms with Gasteiger partial charge in [0, 0.05) is 0 Å². The number of carbonyl (C=O) groups is 2. The summed E-state index contributed by atoms with van der Waals surface area (Å²) in [5.74, 6) is -0.946. The molecule has 0 aliphatic carbocycles. The molecule has 3 aromatic rings. The molecule has 13 heteroatoms. The number of nitrogens with zero attached hydrogens (tertiary/aromatic N) is 2. The third-order valence-electron chi connectivity index (χ3n) is 4.71. The number of nitrogens with two attached hydrogens (primary N) is 1. The van der Waals surface area contributed by atoms with Crippen molar-refractivity contribution < 1.29 is 32.0 Å². The fourth-order valence-electron chi connectivity index (χ4n) is 3.34. The van der Waals surface area contributed by atoms with Gasteiger partial charge in [-0.15, -0.1) is 11.3 Å². The second kappa shape index (κ2) is 7.89. The predicted molar refractivity (Wildman–Crippen MR) is 116 cm³/mol. The highest BCUT2D eigenvalue weighted by atomic mass is 35.5. The number of halogens is 1. The molecule has 0 saturated carbocycles. The minimum Gasteiger partial charge on any atom is -0.454 e. The number of primary sulfonamides is 1. The fourth-order valence-corrected chi connectivity index (χ4v) is 5.39. The molecule has 1 aromatic carbocycles. The zero-order valence-corrected chi connectivity index (χ0v) is 19.4. The smallest absolute Gasteiger partial charge is 0.276 e. The van der Waals surface area contributed by atoms with Crippen LogP contribution in [0.25, 0.3) is 0 Å². The van der Waals surface area contributed by atoms with Crippen LogP contribution in [0.1, 0.15) is 38.2 Å². The molecule has 2 aromatic heterocycles. The number of aromatic nitrogens is 1. The van der Waals surface area contributed by atoms with E-state index in [-0.39, 0.29) is 44.5 Å². The highest BCUT2D eigenvalue weighted by molar-refractivity contribution is 7.89. The molecule has 2 N–H and O–H groups in total. The quantitative estimate of drug-likeness (QED) is 0.527. The Morgan fingerprint density at radius 1 is 1.28 bits per heavy atom. The van der Waals surface area contributed by atoms with E-state index < -0.39 is 21.7 Å². The molecule has 0 unspecified atom stereocenters. The molecule has 0 fully saturated rings. The van der Waals surface area contributed by atoms with Gasteiger partial charge in [0.25, 0.3) is 11.8 Å². The zero-order valence-electron chi connectivity index (χ0n) is 17.0. The lowest BCUT2D eigenvalue weighted by atomic mass is 10.0. The predicted octanol–water partition coefficient (Wildman–Crippen LogP) is 3.56. The topological polar surface area (TPSA) is 142 Å². The average Bonchev–Trinajstić information content (AvgIpc) is 3.43. The van der Waals surface area contributed by atoms with Gasteiger partial charge in [0.05, 0.1) is 11.3 Å². The molecule has 0 spiro atoms. The van der Waals surface area contributed by atoms with Crippen molar-refractivity contribution in [3.63, 3.8) is 0 Å². The van der Waals surface area contributed by atoms with Crippen LogP contribution in [0.15, 0.2) is 26.9 Å². The van der Waals surface area contributed by atoms with Gasteiger partial charge in [-0.3, -0.25) is 9.59 Å². The number of hydrogen-bond donors (Lipinski definition) is 1. The van der Waals surface area contributed by atoms with Crippen LogP contribution in [-0.4, -0.2) is 32.1 Å². The van der Waals surface area contributed by atoms with Crippen molar-refractivity contribution in [2.75, 3.05) is 11.7 Å². The molecule has 4 rings (SSSR count). The normalized spacial score (nSPS) is 12.8. The molecule has 0 radical (unpaired) electrons. The van der Waals surface area contributed by atoms with Gasteiger partial charge >= 0.3 is 0 Å². The van der Waals surface area contributed by atoms with Gasteiger partial charge in [0.15, 0.2) is 17.3 Å². The first-order valence-electron chi connectivity index (χ1n) is 9.03. The molecule has 1 aliphatic heterocycles. The maximum Gasteiger partial charge on any atom is 0.276 e. The number of anilines is 2. The third-order valence-corrected chi connectivity index (χ3v) is 7.13. The van der Waals surface area contributed by atoms with Crippen molar-refractivity contribution in [2.45, 2.75) is 25.7 Å². The van der Waals surface area contributed by atoms with Crippen molar-refractivity contribution in [1.82, 2.24) is 5.16 Å². The number of amides is 1. The molecule has 0 atom stereocenters. The van der Waals surface area contributed by atoms with Crippen LogP contribution in [-0.2, 0) is 10.0 Å². The molecule has 0 saturated heterocycles. The van der Waals surface area contributed by atoms with Crippen molar-refractivity contribution in [2.24, 2.45) is 5.14 Å². The number of ether oxygens (including phenoxy) is 2. The third kappa shape index (κ3) is 3.54. The van der Waals surface area contributed by atoms with Gasteiger partial charge in [0.2, 0.25) is 16.8 Å². The lowest BCUT2D eigenvalue weighted by Crippen LogP contribution is -2.29. The SMILES string of the molecule is CC(=O)c1c2c(cc(C)c1N(C(=O)c1sccc1S(N)(=O)=O)c1onc(C)c1Cl)OCO2. The number of ketones is 1. The first-order valence-corrected chi connectivity index (χ1v) is 11.8. The standard InChI is InChI=1S/C19H16ClN3O7S2/c1-8-6-11-16(29-7-28-11)13(10(3)24)15(8)23(19-14(20)9(2)22-30-19)18(25)17-12(4-5-31-17)32(21,26)27/h4-6H,7H2,1-3H3,(H2,21,26,27). The Morgan fingerprint density at radius 2 is 2.00 bits per heavy atom. The number of sulfonamides is 1. The first-order chi connectivity index (χ1) is 15.0. The highest BCUT2D eigenvalue weighted by Gasteiger charge is 2.37. The molecule has 3 heterocycles. The van der Waals surface area contributed by atoms with Crippen LogP contribution in [0, 0.1) is 13.8 Å². The number of rotatable bonds is 5. The summed E-state index contributed by atoms with van der Waals surface area (Å²) >= 11 is 7.22. The second-order valence-electron chi connectivity index (χ2n) is 6.89. The molecule has 1 aliphatic rings. The van der Waals surface area contributed by atoms with Gasteiger partial charge in [-0.25, -0.2) is 18.5 Å². The number of aryl methyl sites for hydroxylation is 2. The van der Waals surface area contributed by atoms with Crippen LogP contribution in [0.2, 0.25) is 5.02 Å². The van der Waals surface area contributed by atoms with E-state index in [0.29, 0.717) is 17.0 Å². The zero-order chi connectivity index (χ0) is 23.4. The number of carbonyl (C=O) groups excluding carboxylic acids is 2. The van der Waals surface area contributed by atoms with E-state index in [1.807, 2.05) is 0 Å². The monoisotopic (exact) mass is 497 g/mol. The van der Waals surface area contributed by atoms with Crippen LogP contribution in [0.5, 0.6) is 11.5 Å². The van der Waals surface area contributed by atoms with Crippen LogP contribution >= 0.6 is 22.9 Å². The summed E-state index contributed by atoms with van der Waals surface area (Å²) in [7, 11) is -4.21. The molecule has 168 valence electrons. The number of benzene rings is 1. The fraction of sp³-hybridized carbons (Fsp3) is 0.211. The molecule has 0 bridgehead atoms. The molecular weight excluding hydrogens is 482 g/mol. The van der Waals surface area contributed by atoms with Gasteiger partial charge in [0.1, 0.15) is 20.5 Å². The van der Waals surface area contributed by atoms with E-state index in [0.717, 1.165) is 16.2 Å². The molecule has 32 heavy (non-hydrogen) atoms. The van der Waals surface area contributed by atoms with Gasteiger partial charge in [-0.05, 0) is 43.8 Å². The van der Waals surface area contributed by atoms with Crippen LogP contribution in [0.4, 0.5) is 11.6 Å². The Hall–Kier alpha value is -2.93. The Kier molecular flexibility index (Phi) is 5.49. The molecule has 1 amide bonds. The Bertz CT molecular complexity index is 1380.